The van der Waals surface area contributed by atoms with Gasteiger partial charge in [-0.05, 0) is 12.1 Å². The summed E-state index contributed by atoms with van der Waals surface area (Å²) in [5, 5.41) is 13.2. The Labute approximate surface area is 107 Å². The molecule has 0 radical (unpaired) electrons. The number of aromatic nitrogens is 3. The van der Waals surface area contributed by atoms with E-state index in [1.54, 1.807) is 18.5 Å². The lowest BCUT2D eigenvalue weighted by molar-refractivity contribution is 0.0952. The van der Waals surface area contributed by atoms with E-state index in [1.807, 2.05) is 17.5 Å². The summed E-state index contributed by atoms with van der Waals surface area (Å²) < 4.78 is 0. The van der Waals surface area contributed by atoms with Gasteiger partial charge in [-0.3, -0.25) is 9.89 Å². The normalized spacial score (nSPS) is 10.7. The Morgan fingerprint density at radius 1 is 1.44 bits per heavy atom. The highest BCUT2D eigenvalue weighted by molar-refractivity contribution is 7.09. The number of nitrogens with one attached hydrogen (secondary N) is 2. The van der Waals surface area contributed by atoms with Crippen molar-refractivity contribution in [2.75, 3.05) is 0 Å². The Balaban J connectivity index is 1.81. The van der Waals surface area contributed by atoms with Crippen LogP contribution in [0.5, 0.6) is 0 Å². The Kier molecular flexibility index (Phi) is 2.77. The van der Waals surface area contributed by atoms with Crippen LogP contribution in [-0.4, -0.2) is 21.1 Å². The van der Waals surface area contributed by atoms with Crippen LogP contribution in [0.4, 0.5) is 0 Å². The number of carbonyl (C=O) groups excluding carboxylic acids is 1. The van der Waals surface area contributed by atoms with Crippen molar-refractivity contribution in [3.63, 3.8) is 0 Å². The van der Waals surface area contributed by atoms with Crippen molar-refractivity contribution in [1.29, 1.82) is 0 Å². The first-order valence-corrected chi connectivity index (χ1v) is 6.31. The molecule has 6 heteroatoms. The van der Waals surface area contributed by atoms with E-state index in [-0.39, 0.29) is 5.91 Å². The van der Waals surface area contributed by atoms with Crippen molar-refractivity contribution in [3.05, 3.63) is 46.5 Å². The average Bonchev–Trinajstić information content (AvgIpc) is 3.05. The first kappa shape index (κ1) is 10.9. The second kappa shape index (κ2) is 4.58. The van der Waals surface area contributed by atoms with Gasteiger partial charge in [-0.2, -0.15) is 5.10 Å². The lowest BCUT2D eigenvalue weighted by Gasteiger charge is -2.04. The highest BCUT2D eigenvalue weighted by atomic mass is 32.1. The van der Waals surface area contributed by atoms with E-state index >= 15 is 0 Å². The van der Waals surface area contributed by atoms with Gasteiger partial charge >= 0.3 is 0 Å². The zero-order chi connectivity index (χ0) is 12.4. The first-order chi connectivity index (χ1) is 8.84. The number of nitrogens with zero attached hydrogens (tertiary/aromatic N) is 2. The summed E-state index contributed by atoms with van der Waals surface area (Å²) in [4.78, 5) is 16.2. The minimum atomic E-state index is -0.114. The van der Waals surface area contributed by atoms with Crippen LogP contribution < -0.4 is 5.32 Å². The highest BCUT2D eigenvalue weighted by Crippen LogP contribution is 2.16. The third-order valence-corrected chi connectivity index (χ3v) is 3.39. The summed E-state index contributed by atoms with van der Waals surface area (Å²) in [5.41, 5.74) is 1.48. The number of H-pyrrole nitrogens is 1. The molecule has 0 aliphatic carbocycles. The molecule has 0 atom stereocenters. The number of hydrogen-bond acceptors (Lipinski definition) is 4. The molecule has 1 amide bonds. The maximum atomic E-state index is 12.1. The quantitative estimate of drug-likeness (QED) is 0.754. The second-order valence-electron chi connectivity index (χ2n) is 3.75. The maximum Gasteiger partial charge on any atom is 0.252 e. The van der Waals surface area contributed by atoms with E-state index < -0.39 is 0 Å². The Bertz CT molecular complexity index is 674. The largest absolute Gasteiger partial charge is 0.346 e. The van der Waals surface area contributed by atoms with Gasteiger partial charge in [-0.1, -0.05) is 6.07 Å². The Hall–Kier alpha value is -2.21. The van der Waals surface area contributed by atoms with Gasteiger partial charge in [0.25, 0.3) is 5.91 Å². The van der Waals surface area contributed by atoms with Gasteiger partial charge in [-0.15, -0.1) is 11.3 Å². The second-order valence-corrected chi connectivity index (χ2v) is 4.72. The molecule has 90 valence electrons. The van der Waals surface area contributed by atoms with Gasteiger partial charge in [0.15, 0.2) is 0 Å². The van der Waals surface area contributed by atoms with Crippen LogP contribution in [0.15, 0.2) is 36.0 Å². The van der Waals surface area contributed by atoms with E-state index in [2.05, 4.69) is 20.5 Å². The molecule has 2 heterocycles. The van der Waals surface area contributed by atoms with E-state index in [9.17, 15) is 4.79 Å². The Morgan fingerprint density at radius 2 is 2.39 bits per heavy atom. The molecule has 0 aliphatic heterocycles. The molecule has 5 nitrogen and oxygen atoms in total. The number of rotatable bonds is 3. The number of carbonyl (C=O) groups is 1. The van der Waals surface area contributed by atoms with Crippen LogP contribution >= 0.6 is 11.3 Å². The molecular formula is C12H10N4OS. The SMILES string of the molecule is O=C(NCc1nccs1)c1cccc2[nH]ncc12. The van der Waals surface area contributed by atoms with Gasteiger partial charge < -0.3 is 5.32 Å². The molecule has 0 aliphatic rings. The number of aromatic amines is 1. The summed E-state index contributed by atoms with van der Waals surface area (Å²) in [6.07, 6.45) is 3.39. The standard InChI is InChI=1S/C12H10N4OS/c17-12(14-7-11-13-4-5-18-11)8-2-1-3-10-9(8)6-15-16-10/h1-6H,7H2,(H,14,17)(H,15,16). The lowest BCUT2D eigenvalue weighted by Crippen LogP contribution is -2.22. The van der Waals surface area contributed by atoms with Crippen molar-refractivity contribution in [1.82, 2.24) is 20.5 Å². The number of benzene rings is 1. The van der Waals surface area contributed by atoms with Gasteiger partial charge in [0.2, 0.25) is 0 Å². The summed E-state index contributed by atoms with van der Waals surface area (Å²) in [6, 6.07) is 5.51. The van der Waals surface area contributed by atoms with Crippen molar-refractivity contribution in [2.24, 2.45) is 0 Å². The molecule has 0 saturated heterocycles. The minimum absolute atomic E-state index is 0.114. The molecule has 0 spiro atoms. The van der Waals surface area contributed by atoms with Crippen LogP contribution in [0.2, 0.25) is 0 Å². The molecule has 0 saturated carbocycles. The first-order valence-electron chi connectivity index (χ1n) is 5.43. The predicted octanol–water partition coefficient (Wildman–Crippen LogP) is 1.95. The fraction of sp³-hybridized carbons (Fsp3) is 0.0833. The van der Waals surface area contributed by atoms with Gasteiger partial charge in [-0.25, -0.2) is 4.98 Å². The van der Waals surface area contributed by atoms with Crippen LogP contribution in [0, 0.1) is 0 Å². The smallest absolute Gasteiger partial charge is 0.252 e. The molecule has 3 rings (SSSR count). The maximum absolute atomic E-state index is 12.1. The molecule has 0 bridgehead atoms. The molecular weight excluding hydrogens is 248 g/mol. The van der Waals surface area contributed by atoms with Crippen LogP contribution in [0.3, 0.4) is 0 Å². The predicted molar refractivity (Wildman–Crippen MR) is 69.4 cm³/mol. The third-order valence-electron chi connectivity index (χ3n) is 2.61. The lowest BCUT2D eigenvalue weighted by atomic mass is 10.1. The molecule has 1 aromatic carbocycles. The van der Waals surface area contributed by atoms with Gasteiger partial charge in [0.1, 0.15) is 5.01 Å². The molecule has 2 aromatic heterocycles. The number of amides is 1. The Morgan fingerprint density at radius 3 is 3.22 bits per heavy atom. The molecule has 0 fully saturated rings. The zero-order valence-corrected chi connectivity index (χ0v) is 10.2. The molecule has 18 heavy (non-hydrogen) atoms. The summed E-state index contributed by atoms with van der Waals surface area (Å²) in [5.74, 6) is -0.114. The number of hydrogen-bond donors (Lipinski definition) is 2. The van der Waals surface area contributed by atoms with E-state index in [0.717, 1.165) is 15.9 Å². The third kappa shape index (κ3) is 1.98. The monoisotopic (exact) mass is 258 g/mol. The van der Waals surface area contributed by atoms with Crippen molar-refractivity contribution in [2.45, 2.75) is 6.54 Å². The van der Waals surface area contributed by atoms with E-state index in [1.165, 1.54) is 11.3 Å². The molecule has 0 unspecified atom stereocenters. The summed E-state index contributed by atoms with van der Waals surface area (Å²) >= 11 is 1.52. The fourth-order valence-corrected chi connectivity index (χ4v) is 2.31. The van der Waals surface area contributed by atoms with Crippen molar-refractivity contribution in [3.8, 4) is 0 Å². The topological polar surface area (TPSA) is 70.7 Å². The van der Waals surface area contributed by atoms with E-state index in [0.29, 0.717) is 12.1 Å². The number of fused-ring (bicyclic) bond motifs is 1. The van der Waals surface area contributed by atoms with Crippen LogP contribution in [0.1, 0.15) is 15.4 Å². The van der Waals surface area contributed by atoms with Crippen LogP contribution in [0.25, 0.3) is 10.9 Å². The van der Waals surface area contributed by atoms with Crippen LogP contribution in [-0.2, 0) is 6.54 Å². The highest BCUT2D eigenvalue weighted by Gasteiger charge is 2.10. The zero-order valence-electron chi connectivity index (χ0n) is 9.38. The average molecular weight is 258 g/mol. The van der Waals surface area contributed by atoms with Crippen molar-refractivity contribution < 1.29 is 4.79 Å². The fourth-order valence-electron chi connectivity index (χ4n) is 1.76. The minimum Gasteiger partial charge on any atom is -0.346 e. The summed E-state index contributed by atoms with van der Waals surface area (Å²) in [7, 11) is 0. The van der Waals surface area contributed by atoms with Gasteiger partial charge in [0.05, 0.1) is 23.8 Å². The molecule has 2 N–H and O–H groups in total. The van der Waals surface area contributed by atoms with E-state index in [4.69, 9.17) is 0 Å². The number of thiazole rings is 1. The molecule has 3 aromatic rings. The summed E-state index contributed by atoms with van der Waals surface area (Å²) in [6.45, 7) is 0.449. The van der Waals surface area contributed by atoms with Gasteiger partial charge in [0, 0.05) is 17.0 Å². The van der Waals surface area contributed by atoms with Crippen molar-refractivity contribution >= 4 is 28.1 Å².